The molecule has 92 valence electrons. The van der Waals surface area contributed by atoms with E-state index in [1.165, 1.54) is 6.07 Å². The highest BCUT2D eigenvalue weighted by atomic mass is 35.5. The summed E-state index contributed by atoms with van der Waals surface area (Å²) in [4.78, 5) is 4.16. The molecule has 0 N–H and O–H groups in total. The summed E-state index contributed by atoms with van der Waals surface area (Å²) >= 11 is 5.67. The molecule has 0 aliphatic heterocycles. The Balaban J connectivity index is 2.75. The van der Waals surface area contributed by atoms with Crippen LogP contribution in [0.3, 0.4) is 0 Å². The molecule has 0 saturated carbocycles. The molecule has 2 aromatic rings. The lowest BCUT2D eigenvalue weighted by Crippen LogP contribution is -2.27. The van der Waals surface area contributed by atoms with Crippen molar-refractivity contribution in [3.63, 3.8) is 0 Å². The molecule has 0 bridgehead atoms. The quantitative estimate of drug-likeness (QED) is 0.789. The highest BCUT2D eigenvalue weighted by molar-refractivity contribution is 6.17. The first-order valence-corrected chi connectivity index (χ1v) is 5.68. The summed E-state index contributed by atoms with van der Waals surface area (Å²) in [6.45, 7) is 0. The van der Waals surface area contributed by atoms with Crippen molar-refractivity contribution in [2.45, 2.75) is 6.42 Å². The first-order chi connectivity index (χ1) is 8.04. The van der Waals surface area contributed by atoms with E-state index in [0.29, 0.717) is 23.6 Å². The second-order valence-corrected chi connectivity index (χ2v) is 4.26. The van der Waals surface area contributed by atoms with Gasteiger partial charge in [-0.3, -0.25) is 0 Å². The third-order valence-electron chi connectivity index (χ3n) is 2.44. The normalized spacial score (nSPS) is 11.1. The minimum absolute atomic E-state index is 0.167. The monoisotopic (exact) mass is 259 g/mol. The molecule has 1 heterocycles. The van der Waals surface area contributed by atoms with E-state index in [1.54, 1.807) is 23.8 Å². The van der Waals surface area contributed by atoms with Crippen LogP contribution in [0.2, 0.25) is 0 Å². The average molecular weight is 260 g/mol. The van der Waals surface area contributed by atoms with Gasteiger partial charge in [0.2, 0.25) is 0 Å². The lowest BCUT2D eigenvalue weighted by Gasteiger charge is -2.17. The topological polar surface area (TPSA) is 21.1 Å². The summed E-state index contributed by atoms with van der Waals surface area (Å²) in [5.74, 6) is -0.280. The predicted octanol–water partition coefficient (Wildman–Crippen LogP) is 2.29. The van der Waals surface area contributed by atoms with Crippen molar-refractivity contribution < 1.29 is 8.78 Å². The highest BCUT2D eigenvalue weighted by Crippen LogP contribution is 2.21. The largest absolute Gasteiger partial charge is 0.317 e. The van der Waals surface area contributed by atoms with E-state index < -0.39 is 11.6 Å². The smallest absolute Gasteiger partial charge is 0.154 e. The Labute approximate surface area is 103 Å². The molecular formula is C11H12ClF2N3. The highest BCUT2D eigenvalue weighted by Gasteiger charge is 2.16. The fraction of sp³-hybridized carbons (Fsp3) is 0.364. The molecule has 6 heteroatoms. The Morgan fingerprint density at radius 2 is 2.06 bits per heavy atom. The first-order valence-electron chi connectivity index (χ1n) is 5.14. The van der Waals surface area contributed by atoms with Crippen LogP contribution < -0.4 is 5.01 Å². The van der Waals surface area contributed by atoms with E-state index in [0.717, 1.165) is 6.07 Å². The third-order valence-corrected chi connectivity index (χ3v) is 2.63. The molecule has 0 radical (unpaired) electrons. The number of hydrogen-bond donors (Lipinski definition) is 0. The number of alkyl halides is 1. The van der Waals surface area contributed by atoms with Gasteiger partial charge >= 0.3 is 0 Å². The van der Waals surface area contributed by atoms with Crippen LogP contribution >= 0.6 is 11.6 Å². The van der Waals surface area contributed by atoms with Crippen LogP contribution in [0.1, 0.15) is 5.82 Å². The lowest BCUT2D eigenvalue weighted by molar-refractivity contribution is 0.590. The van der Waals surface area contributed by atoms with Crippen LogP contribution in [-0.2, 0) is 6.42 Å². The van der Waals surface area contributed by atoms with E-state index in [2.05, 4.69) is 4.98 Å². The molecule has 0 saturated heterocycles. The van der Waals surface area contributed by atoms with E-state index in [4.69, 9.17) is 11.6 Å². The molecule has 3 nitrogen and oxygen atoms in total. The fourth-order valence-corrected chi connectivity index (χ4v) is 2.00. The van der Waals surface area contributed by atoms with Gasteiger partial charge in [-0.15, -0.1) is 11.6 Å². The lowest BCUT2D eigenvalue weighted by atomic mass is 10.3. The Hall–Kier alpha value is -1.36. The molecule has 0 fully saturated rings. The molecule has 1 aromatic carbocycles. The number of fused-ring (bicyclic) bond motifs is 1. The molecule has 2 rings (SSSR count). The molecule has 0 aliphatic rings. The predicted molar refractivity (Wildman–Crippen MR) is 64.1 cm³/mol. The van der Waals surface area contributed by atoms with Crippen molar-refractivity contribution in [3.8, 4) is 0 Å². The second kappa shape index (κ2) is 4.49. The summed E-state index contributed by atoms with van der Waals surface area (Å²) < 4.78 is 28.4. The number of aryl methyl sites for hydroxylation is 1. The van der Waals surface area contributed by atoms with Crippen LogP contribution in [0.5, 0.6) is 0 Å². The second-order valence-electron chi connectivity index (χ2n) is 3.88. The molecule has 0 spiro atoms. The number of rotatable bonds is 3. The summed E-state index contributed by atoms with van der Waals surface area (Å²) in [5.41, 5.74) is 0.577. The van der Waals surface area contributed by atoms with E-state index in [9.17, 15) is 8.78 Å². The van der Waals surface area contributed by atoms with Gasteiger partial charge in [0.05, 0.1) is 5.52 Å². The maximum atomic E-state index is 13.6. The number of hydrogen-bond acceptors (Lipinski definition) is 2. The summed E-state index contributed by atoms with van der Waals surface area (Å²) in [6.07, 6.45) is 0.496. The van der Waals surface area contributed by atoms with Gasteiger partial charge < -0.3 is 5.01 Å². The number of nitrogens with zero attached hydrogens (tertiary/aromatic N) is 3. The SMILES string of the molecule is CN(C)n1c(CCCl)nc2c(F)cc(F)cc21. The number of benzene rings is 1. The maximum Gasteiger partial charge on any atom is 0.154 e. The number of aromatic nitrogens is 2. The Morgan fingerprint density at radius 3 is 2.65 bits per heavy atom. The standard InChI is InChI=1S/C11H12ClF2N3/c1-16(2)17-9-6-7(13)5-8(14)11(9)15-10(17)3-4-12/h5-6H,3-4H2,1-2H3. The van der Waals surface area contributed by atoms with Gasteiger partial charge in [0.15, 0.2) is 5.82 Å². The Morgan fingerprint density at radius 1 is 1.35 bits per heavy atom. The van der Waals surface area contributed by atoms with E-state index in [1.807, 2.05) is 0 Å². The van der Waals surface area contributed by atoms with Gasteiger partial charge in [0.25, 0.3) is 0 Å². The van der Waals surface area contributed by atoms with Crippen LogP contribution in [0.15, 0.2) is 12.1 Å². The molecule has 0 amide bonds. The zero-order valence-electron chi connectivity index (χ0n) is 9.54. The van der Waals surface area contributed by atoms with Gasteiger partial charge in [-0.05, 0) is 0 Å². The van der Waals surface area contributed by atoms with E-state index in [-0.39, 0.29) is 5.52 Å². The van der Waals surface area contributed by atoms with Crippen molar-refractivity contribution in [1.29, 1.82) is 0 Å². The van der Waals surface area contributed by atoms with Crippen molar-refractivity contribution in [2.24, 2.45) is 0 Å². The van der Waals surface area contributed by atoms with Crippen LogP contribution in [0.4, 0.5) is 8.78 Å². The fourth-order valence-electron chi connectivity index (χ4n) is 1.83. The third kappa shape index (κ3) is 2.07. The first kappa shape index (κ1) is 12.1. The van der Waals surface area contributed by atoms with Crippen molar-refractivity contribution in [2.75, 3.05) is 25.0 Å². The Kier molecular flexibility index (Phi) is 3.19. The van der Waals surface area contributed by atoms with Gasteiger partial charge in [-0.2, -0.15) is 0 Å². The molecule has 0 unspecified atom stereocenters. The zero-order valence-corrected chi connectivity index (χ0v) is 10.3. The summed E-state index contributed by atoms with van der Waals surface area (Å²) in [6, 6.07) is 2.10. The number of imidazole rings is 1. The maximum absolute atomic E-state index is 13.6. The summed E-state index contributed by atoms with van der Waals surface area (Å²) in [5, 5.41) is 1.72. The van der Waals surface area contributed by atoms with Crippen molar-refractivity contribution in [1.82, 2.24) is 9.66 Å². The van der Waals surface area contributed by atoms with Crippen LogP contribution in [-0.4, -0.2) is 29.6 Å². The van der Waals surface area contributed by atoms with Crippen LogP contribution in [0.25, 0.3) is 11.0 Å². The molecule has 17 heavy (non-hydrogen) atoms. The van der Waals surface area contributed by atoms with Gasteiger partial charge in [-0.1, -0.05) is 0 Å². The van der Waals surface area contributed by atoms with Gasteiger partial charge in [0, 0.05) is 38.5 Å². The molecule has 1 aromatic heterocycles. The average Bonchev–Trinajstić information content (AvgIpc) is 2.57. The minimum atomic E-state index is -0.656. The van der Waals surface area contributed by atoms with Gasteiger partial charge in [-0.25, -0.2) is 18.4 Å². The van der Waals surface area contributed by atoms with Crippen molar-refractivity contribution in [3.05, 3.63) is 29.6 Å². The molecular weight excluding hydrogens is 248 g/mol. The molecule has 0 atom stereocenters. The van der Waals surface area contributed by atoms with Gasteiger partial charge in [0.1, 0.15) is 17.2 Å². The zero-order chi connectivity index (χ0) is 12.6. The molecule has 0 aliphatic carbocycles. The minimum Gasteiger partial charge on any atom is -0.317 e. The van der Waals surface area contributed by atoms with Crippen molar-refractivity contribution >= 4 is 22.6 Å². The summed E-state index contributed by atoms with van der Waals surface area (Å²) in [7, 11) is 3.56. The number of halogens is 3. The Bertz CT molecular complexity index is 551. The van der Waals surface area contributed by atoms with E-state index >= 15 is 0 Å². The van der Waals surface area contributed by atoms with Crippen LogP contribution in [0, 0.1) is 11.6 Å².